The van der Waals surface area contributed by atoms with Crippen molar-refractivity contribution in [3.8, 4) is 0 Å². The number of hydrogen-bond acceptors (Lipinski definition) is 0. The Hall–Kier alpha value is 2.22. The second-order valence-electron chi connectivity index (χ2n) is 0.732. The summed E-state index contributed by atoms with van der Waals surface area (Å²) in [6, 6.07) is 0. The van der Waals surface area contributed by atoms with Crippen LogP contribution in [-0.4, -0.2) is 11.8 Å². The molecule has 0 heterocycles. The van der Waals surface area contributed by atoms with Crippen LogP contribution in [0.1, 0.15) is 7.85 Å². The van der Waals surface area contributed by atoms with Crippen molar-refractivity contribution in [2.24, 2.45) is 0 Å². The Labute approximate surface area is 92.5 Å². The van der Waals surface area contributed by atoms with Crippen molar-refractivity contribution >= 4 is 23.2 Å². The van der Waals surface area contributed by atoms with Crippen LogP contribution < -0.4 is 51.4 Å². The third kappa shape index (κ3) is 9.51. The summed E-state index contributed by atoms with van der Waals surface area (Å²) < 4.78 is 0. The zero-order chi connectivity index (χ0) is 4.12. The van der Waals surface area contributed by atoms with Gasteiger partial charge in [-0.15, -0.1) is 23.2 Å². The molecule has 0 saturated heterocycles. The largest absolute Gasteiger partial charge is 1.00 e. The van der Waals surface area contributed by atoms with E-state index in [9.17, 15) is 0 Å². The molecule has 3 heteroatoms. The van der Waals surface area contributed by atoms with E-state index in [0.29, 0.717) is 11.8 Å². The molecule has 0 aromatic heterocycles. The van der Waals surface area contributed by atoms with E-state index in [-0.39, 0.29) is 52.8 Å². The van der Waals surface area contributed by atoms with E-state index in [1.54, 1.807) is 0 Å². The molecule has 34 valence electrons. The van der Waals surface area contributed by atoms with E-state index in [0.717, 1.165) is 6.42 Å². The summed E-state index contributed by atoms with van der Waals surface area (Å²) >= 11 is 10.4. The second kappa shape index (κ2) is 10.2. The fourth-order valence-corrected chi connectivity index (χ4v) is 0.455. The summed E-state index contributed by atoms with van der Waals surface area (Å²) in [5.74, 6) is 1.37. The first-order chi connectivity index (χ1) is 2.41. The Morgan fingerprint density at radius 3 is 1.50 bits per heavy atom. The molecular formula is C3H7Cl2K. The Kier molecular flexibility index (Phi) is 18.9. The van der Waals surface area contributed by atoms with Crippen molar-refractivity contribution in [2.75, 3.05) is 11.8 Å². The minimum absolute atomic E-state index is 0. The molecule has 0 aliphatic rings. The van der Waals surface area contributed by atoms with Crippen LogP contribution in [0.15, 0.2) is 0 Å². The fourth-order valence-electron chi connectivity index (χ4n) is 0.0505. The van der Waals surface area contributed by atoms with Crippen molar-refractivity contribution in [1.29, 1.82) is 0 Å². The molecule has 0 radical (unpaired) electrons. The normalized spacial score (nSPS) is 7.00. The van der Waals surface area contributed by atoms with Gasteiger partial charge in [-0.25, -0.2) is 0 Å². The zero-order valence-electron chi connectivity index (χ0n) is 4.88. The summed E-state index contributed by atoms with van der Waals surface area (Å²) in [6.07, 6.45) is 0.920. The maximum absolute atomic E-state index is 5.22. The average Bonchev–Trinajstić information content (AvgIpc) is 1.41. The first kappa shape index (κ1) is 11.1. The Bertz CT molecular complexity index is 20.4. The van der Waals surface area contributed by atoms with Crippen LogP contribution in [0, 0.1) is 0 Å². The van der Waals surface area contributed by atoms with Gasteiger partial charge in [0.05, 0.1) is 0 Å². The standard InChI is InChI=1S/C3H6Cl2.K.H/c4-2-1-3-5;;/h1-3H2;;/q;+1;-1. The van der Waals surface area contributed by atoms with Gasteiger partial charge in [0.25, 0.3) is 0 Å². The van der Waals surface area contributed by atoms with Crippen molar-refractivity contribution in [1.82, 2.24) is 0 Å². The molecule has 6 heavy (non-hydrogen) atoms. The van der Waals surface area contributed by atoms with Gasteiger partial charge in [0.2, 0.25) is 0 Å². The zero-order valence-corrected chi connectivity index (χ0v) is 8.51. The van der Waals surface area contributed by atoms with Crippen molar-refractivity contribution in [3.63, 3.8) is 0 Å². The minimum atomic E-state index is 0. The minimum Gasteiger partial charge on any atom is -1.00 e. The molecule has 0 aliphatic carbocycles. The van der Waals surface area contributed by atoms with Crippen LogP contribution in [0.3, 0.4) is 0 Å². The van der Waals surface area contributed by atoms with Crippen LogP contribution in [-0.2, 0) is 0 Å². The summed E-state index contributed by atoms with van der Waals surface area (Å²) in [5, 5.41) is 0. The predicted octanol–water partition coefficient (Wildman–Crippen LogP) is -1.03. The predicted molar refractivity (Wildman–Crippen MR) is 27.2 cm³/mol. The number of hydrogen-bond donors (Lipinski definition) is 0. The van der Waals surface area contributed by atoms with Gasteiger partial charge in [0, 0.05) is 11.8 Å². The first-order valence-electron chi connectivity index (χ1n) is 1.53. The van der Waals surface area contributed by atoms with Crippen molar-refractivity contribution in [2.45, 2.75) is 6.42 Å². The monoisotopic (exact) mass is 152 g/mol. The van der Waals surface area contributed by atoms with Crippen LogP contribution >= 0.6 is 23.2 Å². The van der Waals surface area contributed by atoms with Gasteiger partial charge in [-0.2, -0.15) is 0 Å². The average molecular weight is 153 g/mol. The molecule has 0 nitrogen and oxygen atoms in total. The van der Waals surface area contributed by atoms with Gasteiger partial charge >= 0.3 is 51.4 Å². The molecule has 0 unspecified atom stereocenters. The Morgan fingerprint density at radius 1 is 1.17 bits per heavy atom. The summed E-state index contributed by atoms with van der Waals surface area (Å²) in [4.78, 5) is 0. The Balaban J connectivity index is -0.0000000800. The second-order valence-corrected chi connectivity index (χ2v) is 1.49. The maximum atomic E-state index is 5.22. The SMILES string of the molecule is ClCCCCl.[H-].[K+]. The molecule has 0 spiro atoms. The molecule has 0 rings (SSSR count). The third-order valence-corrected chi connectivity index (χ3v) is 0.802. The van der Waals surface area contributed by atoms with E-state index >= 15 is 0 Å². The van der Waals surface area contributed by atoms with E-state index in [4.69, 9.17) is 23.2 Å². The van der Waals surface area contributed by atoms with E-state index < -0.39 is 0 Å². The van der Waals surface area contributed by atoms with Gasteiger partial charge in [-0.3, -0.25) is 0 Å². The number of halogens is 2. The van der Waals surface area contributed by atoms with Gasteiger partial charge in [-0.05, 0) is 6.42 Å². The fraction of sp³-hybridized carbons (Fsp3) is 1.00. The first-order valence-corrected chi connectivity index (χ1v) is 2.60. The molecule has 0 aliphatic heterocycles. The molecule has 0 N–H and O–H groups in total. The summed E-state index contributed by atoms with van der Waals surface area (Å²) in [5.41, 5.74) is 0. The van der Waals surface area contributed by atoms with Gasteiger partial charge in [0.1, 0.15) is 0 Å². The van der Waals surface area contributed by atoms with E-state index in [1.807, 2.05) is 0 Å². The maximum Gasteiger partial charge on any atom is 1.00 e. The van der Waals surface area contributed by atoms with Crippen LogP contribution in [0.5, 0.6) is 0 Å². The molecule has 0 saturated carbocycles. The third-order valence-electron chi connectivity index (χ3n) is 0.267. The smallest absolute Gasteiger partial charge is 1.00 e. The quantitative estimate of drug-likeness (QED) is 0.351. The molecule has 0 atom stereocenters. The molecule has 0 aromatic rings. The van der Waals surface area contributed by atoms with E-state index in [2.05, 4.69) is 0 Å². The van der Waals surface area contributed by atoms with Crippen molar-refractivity contribution < 1.29 is 52.8 Å². The summed E-state index contributed by atoms with van der Waals surface area (Å²) in [6.45, 7) is 0. The molecular weight excluding hydrogens is 146 g/mol. The molecule has 0 amide bonds. The van der Waals surface area contributed by atoms with Gasteiger partial charge < -0.3 is 1.43 Å². The summed E-state index contributed by atoms with van der Waals surface area (Å²) in [7, 11) is 0. The topological polar surface area (TPSA) is 0 Å². The Morgan fingerprint density at radius 2 is 1.50 bits per heavy atom. The van der Waals surface area contributed by atoms with Crippen molar-refractivity contribution in [3.05, 3.63) is 0 Å². The number of rotatable bonds is 2. The molecule has 0 aromatic carbocycles. The number of alkyl halides is 2. The molecule has 0 fully saturated rings. The van der Waals surface area contributed by atoms with Crippen LogP contribution in [0.2, 0.25) is 0 Å². The van der Waals surface area contributed by atoms with Crippen LogP contribution in [0.4, 0.5) is 0 Å². The molecule has 0 bridgehead atoms. The van der Waals surface area contributed by atoms with Gasteiger partial charge in [0.15, 0.2) is 0 Å². The van der Waals surface area contributed by atoms with E-state index in [1.165, 1.54) is 0 Å². The van der Waals surface area contributed by atoms with Gasteiger partial charge in [-0.1, -0.05) is 0 Å². The van der Waals surface area contributed by atoms with Crippen LogP contribution in [0.25, 0.3) is 0 Å².